The number of aryl methyl sites for hydroxylation is 1. The van der Waals surface area contributed by atoms with E-state index in [9.17, 15) is 33.6 Å². The number of carbonyl (C=O) groups is 7. The Morgan fingerprint density at radius 3 is 2.23 bits per heavy atom. The highest BCUT2D eigenvalue weighted by Gasteiger charge is 2.52. The van der Waals surface area contributed by atoms with E-state index in [1.807, 2.05) is 72.1 Å². The number of anilines is 1. The normalized spacial score (nSPS) is 23.1. The molecule has 2 aromatic carbocycles. The molecule has 0 aliphatic carbocycles. The summed E-state index contributed by atoms with van der Waals surface area (Å²) in [4.78, 5) is 93.5. The number of urea groups is 2. The Morgan fingerprint density at radius 2 is 1.49 bits per heavy atom. The van der Waals surface area contributed by atoms with Crippen molar-refractivity contribution < 1.29 is 52.5 Å². The van der Waals surface area contributed by atoms with Gasteiger partial charge in [0.1, 0.15) is 11.5 Å². The van der Waals surface area contributed by atoms with Gasteiger partial charge in [-0.1, -0.05) is 42.5 Å². The first-order valence-electron chi connectivity index (χ1n) is 28.1. The van der Waals surface area contributed by atoms with E-state index in [0.29, 0.717) is 126 Å². The van der Waals surface area contributed by atoms with Crippen LogP contribution in [0.2, 0.25) is 0 Å². The average Bonchev–Trinajstić information content (AvgIpc) is 4.37. The SMILES string of the molecule is Cc1cc(Oc2ccccc2)ccc1N1C(=O)NC2=C(C(=O)NC3CCCN(C(=O)/C=C/CNC(=O)CCCC(=O)NCCCOCCOCCOCCCNC(=O)CCCC[C@H]4SC[C@@H]5NC(=O)N[C@@H]54)C3)SC3NCCC1C23. The molecule has 4 unspecified atom stereocenters. The lowest BCUT2D eigenvalue weighted by atomic mass is 9.86. The minimum Gasteiger partial charge on any atom is -0.457 e. The van der Waals surface area contributed by atoms with Crippen LogP contribution in [0.1, 0.15) is 82.6 Å². The van der Waals surface area contributed by atoms with Crippen LogP contribution in [0, 0.1) is 12.8 Å². The fourth-order valence-electron chi connectivity index (χ4n) is 10.8. The van der Waals surface area contributed by atoms with Crippen molar-refractivity contribution in [2.75, 3.05) is 89.6 Å². The maximum absolute atomic E-state index is 13.9. The highest BCUT2D eigenvalue weighted by molar-refractivity contribution is 8.04. The van der Waals surface area contributed by atoms with E-state index in [4.69, 9.17) is 18.9 Å². The smallest absolute Gasteiger partial charge is 0.326 e. The number of carbonyl (C=O) groups excluding carboxylic acids is 7. The fraction of sp³-hybridized carbons (Fsp3) is 0.589. The van der Waals surface area contributed by atoms with E-state index in [2.05, 4.69) is 42.5 Å². The number of rotatable bonds is 31. The first-order chi connectivity index (χ1) is 38.5. The van der Waals surface area contributed by atoms with Gasteiger partial charge >= 0.3 is 12.1 Å². The molecule has 5 fully saturated rings. The molecular formula is C56H78N10O11S2. The molecule has 21 nitrogen and oxygen atoms in total. The lowest BCUT2D eigenvalue weighted by Gasteiger charge is -2.46. The molecule has 79 heavy (non-hydrogen) atoms. The molecule has 0 aromatic heterocycles. The van der Waals surface area contributed by atoms with Crippen molar-refractivity contribution in [3.8, 4) is 11.5 Å². The summed E-state index contributed by atoms with van der Waals surface area (Å²) in [5.41, 5.74) is 2.34. The number of likely N-dealkylation sites (tertiary alicyclic amines) is 1. The number of para-hydroxylation sites is 1. The summed E-state index contributed by atoms with van der Waals surface area (Å²) >= 11 is 3.34. The van der Waals surface area contributed by atoms with Gasteiger partial charge < -0.3 is 66.4 Å². The third kappa shape index (κ3) is 17.6. The van der Waals surface area contributed by atoms with Gasteiger partial charge in [0.2, 0.25) is 23.6 Å². The van der Waals surface area contributed by atoms with E-state index in [1.54, 1.807) is 11.0 Å². The van der Waals surface area contributed by atoms with Crippen molar-refractivity contribution in [1.82, 2.24) is 47.4 Å². The summed E-state index contributed by atoms with van der Waals surface area (Å²) in [6.45, 7) is 7.52. The molecule has 0 bridgehead atoms. The maximum Gasteiger partial charge on any atom is 0.326 e. The van der Waals surface area contributed by atoms with Gasteiger partial charge in [0, 0.05) is 106 Å². The number of hydrogen-bond donors (Lipinski definition) is 8. The number of thioether (sulfide) groups is 2. The molecule has 0 radical (unpaired) electrons. The van der Waals surface area contributed by atoms with Crippen LogP contribution in [0.5, 0.6) is 11.5 Å². The molecule has 0 saturated carbocycles. The van der Waals surface area contributed by atoms with Crippen molar-refractivity contribution in [3.05, 3.63) is 76.8 Å². The second kappa shape index (κ2) is 30.7. The molecule has 23 heteroatoms. The Kier molecular flexibility index (Phi) is 23.0. The Bertz CT molecular complexity index is 2490. The zero-order valence-electron chi connectivity index (χ0n) is 45.2. The van der Waals surface area contributed by atoms with E-state index < -0.39 is 0 Å². The Hall–Kier alpha value is -5.85. The first-order valence-corrected chi connectivity index (χ1v) is 30.0. The predicted molar refractivity (Wildman–Crippen MR) is 302 cm³/mol. The van der Waals surface area contributed by atoms with Gasteiger partial charge in [0.05, 0.1) is 54.8 Å². The molecule has 8 rings (SSSR count). The van der Waals surface area contributed by atoms with Crippen molar-refractivity contribution in [2.45, 2.75) is 119 Å². The summed E-state index contributed by atoms with van der Waals surface area (Å²) in [6, 6.07) is 14.9. The second-order valence-corrected chi connectivity index (χ2v) is 23.0. The number of nitrogens with zero attached hydrogens (tertiary/aromatic N) is 2. The fourth-order valence-corrected chi connectivity index (χ4v) is 13.7. The maximum atomic E-state index is 13.9. The van der Waals surface area contributed by atoms with E-state index in [1.165, 1.54) is 17.8 Å². The highest BCUT2D eigenvalue weighted by atomic mass is 32.2. The van der Waals surface area contributed by atoms with Gasteiger partial charge in [-0.3, -0.25) is 28.9 Å². The molecule has 6 heterocycles. The zero-order chi connectivity index (χ0) is 55.3. The van der Waals surface area contributed by atoms with Gasteiger partial charge in [-0.15, -0.1) is 0 Å². The van der Waals surface area contributed by atoms with Crippen LogP contribution in [0.3, 0.4) is 0 Å². The van der Waals surface area contributed by atoms with Crippen LogP contribution < -0.4 is 52.2 Å². The number of unbranched alkanes of at least 4 members (excludes halogenated alkanes) is 1. The van der Waals surface area contributed by atoms with Gasteiger partial charge in [0.25, 0.3) is 5.91 Å². The van der Waals surface area contributed by atoms with Crippen molar-refractivity contribution in [3.63, 3.8) is 0 Å². The number of benzene rings is 2. The molecule has 8 N–H and O–H groups in total. The average molecular weight is 1130 g/mol. The van der Waals surface area contributed by atoms with Gasteiger partial charge in [-0.2, -0.15) is 11.8 Å². The summed E-state index contributed by atoms with van der Waals surface area (Å²) in [5, 5.41) is 24.7. The Balaban J connectivity index is 0.608. The van der Waals surface area contributed by atoms with E-state index >= 15 is 0 Å². The third-order valence-electron chi connectivity index (χ3n) is 14.7. The first kappa shape index (κ1) is 59.3. The van der Waals surface area contributed by atoms with Crippen LogP contribution in [0.15, 0.2) is 71.3 Å². The van der Waals surface area contributed by atoms with Crippen LogP contribution >= 0.6 is 23.5 Å². The molecule has 6 aliphatic heterocycles. The Morgan fingerprint density at radius 1 is 0.785 bits per heavy atom. The molecule has 430 valence electrons. The zero-order valence-corrected chi connectivity index (χ0v) is 46.8. The summed E-state index contributed by atoms with van der Waals surface area (Å²) < 4.78 is 22.8. The van der Waals surface area contributed by atoms with Gasteiger partial charge in [-0.05, 0) is 101 Å². The van der Waals surface area contributed by atoms with E-state index in [0.717, 1.165) is 54.9 Å². The molecule has 0 spiro atoms. The number of piperidine rings is 2. The number of hydrogen-bond acceptors (Lipinski definition) is 14. The summed E-state index contributed by atoms with van der Waals surface area (Å²) in [5.74, 6) is 1.47. The van der Waals surface area contributed by atoms with Crippen molar-refractivity contribution in [1.29, 1.82) is 0 Å². The quantitative estimate of drug-likeness (QED) is 0.0298. The molecule has 6 aliphatic rings. The molecule has 5 saturated heterocycles. The summed E-state index contributed by atoms with van der Waals surface area (Å²) in [7, 11) is 0. The van der Waals surface area contributed by atoms with Crippen LogP contribution in [0.4, 0.5) is 15.3 Å². The highest BCUT2D eigenvalue weighted by Crippen LogP contribution is 2.48. The topological polar surface area (TPSA) is 259 Å². The molecular weight excluding hydrogens is 1050 g/mol. The van der Waals surface area contributed by atoms with E-state index in [-0.39, 0.29) is 96.4 Å². The number of nitrogens with one attached hydrogen (secondary N) is 8. The second-order valence-electron chi connectivity index (χ2n) is 20.5. The van der Waals surface area contributed by atoms with Gasteiger partial charge in [-0.25, -0.2) is 9.59 Å². The molecule has 9 amide bonds. The minimum absolute atomic E-state index is 0.0548. The largest absolute Gasteiger partial charge is 0.457 e. The lowest BCUT2D eigenvalue weighted by molar-refractivity contribution is -0.128. The molecule has 7 atom stereocenters. The van der Waals surface area contributed by atoms with Crippen molar-refractivity contribution >= 4 is 70.8 Å². The van der Waals surface area contributed by atoms with Crippen LogP contribution in [0.25, 0.3) is 0 Å². The van der Waals surface area contributed by atoms with Crippen molar-refractivity contribution in [2.24, 2.45) is 5.92 Å². The number of amides is 9. The lowest BCUT2D eigenvalue weighted by Crippen LogP contribution is -2.62. The number of ether oxygens (including phenoxy) is 4. The Labute approximate surface area is 471 Å². The predicted octanol–water partition coefficient (Wildman–Crippen LogP) is 4.32. The summed E-state index contributed by atoms with van der Waals surface area (Å²) in [6.07, 6.45) is 10.6. The third-order valence-corrected chi connectivity index (χ3v) is 17.6. The van der Waals surface area contributed by atoms with Crippen LogP contribution in [-0.4, -0.2) is 166 Å². The van der Waals surface area contributed by atoms with Crippen LogP contribution in [-0.2, 0) is 38.2 Å². The number of fused-ring (bicyclic) bond motifs is 1. The monoisotopic (exact) mass is 1130 g/mol. The standard InChI is InChI=1S/C56H78N10O11S2/c1-37-34-40(77-39-13-3-2-4-14-39)20-21-42(37)66-43-22-26-60-54-49(43)51(64-56(66)73)52(79-54)53(71)61-38-12-9-27-65(35-38)48(70)19-8-23-57-46(68)17-7-18-47(69)59-25-11-29-75-31-33-76-32-30-74-28-10-24-58-45(67)16-6-5-15-44-50-41(36-78-44)62-55(72)63-50/h2-4,8,13-14,19-21,34,38,41,43-44,49-50,54,60H,5-7,9-12,15-18,22-33,35-36H2,1H3,(H,57,68)(H,58,67)(H,59,69)(H,61,71)(H,64,73)(H2,62,63,72)/b19-8+/t38?,41-,43?,44+,49?,50-,54?/m0/s1. The van der Waals surface area contributed by atoms with Gasteiger partial charge in [0.15, 0.2) is 0 Å². The molecule has 2 aromatic rings. The minimum atomic E-state index is -0.275.